The van der Waals surface area contributed by atoms with E-state index in [1.807, 2.05) is 0 Å². The van der Waals surface area contributed by atoms with Crippen LogP contribution < -0.4 is 10.3 Å². The molecule has 1 aromatic carbocycles. The lowest BCUT2D eigenvalue weighted by Crippen LogP contribution is -2.17. The zero-order valence-corrected chi connectivity index (χ0v) is 10.1. The van der Waals surface area contributed by atoms with Gasteiger partial charge in [-0.25, -0.2) is 3.96 Å². The summed E-state index contributed by atoms with van der Waals surface area (Å²) >= 11 is 6.65. The van der Waals surface area contributed by atoms with Crippen molar-refractivity contribution in [3.8, 4) is 11.4 Å². The van der Waals surface area contributed by atoms with Crippen LogP contribution in [-0.2, 0) is 0 Å². The zero-order valence-electron chi connectivity index (χ0n) is 8.57. The van der Waals surface area contributed by atoms with Gasteiger partial charge in [0.15, 0.2) is 0 Å². The Morgan fingerprint density at radius 3 is 2.28 bits per heavy atom. The maximum absolute atomic E-state index is 11.9. The lowest BCUT2D eigenvalue weighted by molar-refractivity contribution is -0.274. The van der Waals surface area contributed by atoms with Crippen molar-refractivity contribution in [1.82, 2.24) is 3.96 Å². The molecule has 0 aliphatic heterocycles. The van der Waals surface area contributed by atoms with E-state index in [0.717, 1.165) is 23.7 Å². The van der Waals surface area contributed by atoms with Crippen molar-refractivity contribution in [1.29, 1.82) is 0 Å². The Kier molecular flexibility index (Phi) is 3.36. The summed E-state index contributed by atoms with van der Waals surface area (Å²) in [6, 6.07) is 6.17. The number of hydrogen-bond acceptors (Lipinski definition) is 3. The monoisotopic (exact) mass is 295 g/mol. The Hall–Kier alpha value is -1.47. The molecule has 0 atom stereocenters. The molecule has 18 heavy (non-hydrogen) atoms. The van der Waals surface area contributed by atoms with E-state index in [2.05, 4.69) is 4.74 Å². The van der Waals surface area contributed by atoms with Gasteiger partial charge in [-0.15, -0.1) is 13.2 Å². The van der Waals surface area contributed by atoms with Crippen molar-refractivity contribution < 1.29 is 17.9 Å². The summed E-state index contributed by atoms with van der Waals surface area (Å²) in [4.78, 5) is 11.4. The predicted molar refractivity (Wildman–Crippen MR) is 61.6 cm³/mol. The van der Waals surface area contributed by atoms with E-state index in [1.54, 1.807) is 0 Å². The molecule has 0 saturated heterocycles. The lowest BCUT2D eigenvalue weighted by atomic mass is 10.3. The average molecular weight is 296 g/mol. The minimum absolute atomic E-state index is 0.301. The number of rotatable bonds is 2. The first-order chi connectivity index (χ1) is 8.35. The first-order valence-electron chi connectivity index (χ1n) is 4.60. The van der Waals surface area contributed by atoms with Gasteiger partial charge in [0.1, 0.15) is 10.1 Å². The molecule has 96 valence electrons. The second kappa shape index (κ2) is 4.66. The van der Waals surface area contributed by atoms with Crippen LogP contribution in [0.3, 0.4) is 0 Å². The maximum Gasteiger partial charge on any atom is 0.573 e. The third-order valence-electron chi connectivity index (χ3n) is 1.92. The quantitative estimate of drug-likeness (QED) is 0.850. The summed E-state index contributed by atoms with van der Waals surface area (Å²) in [6.07, 6.45) is -4.73. The van der Waals surface area contributed by atoms with Crippen LogP contribution in [0.25, 0.3) is 5.69 Å². The first-order valence-corrected chi connectivity index (χ1v) is 5.75. The summed E-state index contributed by atoms with van der Waals surface area (Å²) in [6.45, 7) is 0. The largest absolute Gasteiger partial charge is 0.573 e. The van der Waals surface area contributed by atoms with Crippen LogP contribution in [0.4, 0.5) is 13.2 Å². The normalized spacial score (nSPS) is 11.6. The molecule has 8 heteroatoms. The molecule has 3 nitrogen and oxygen atoms in total. The van der Waals surface area contributed by atoms with Crippen molar-refractivity contribution in [2.24, 2.45) is 0 Å². The van der Waals surface area contributed by atoms with Crippen LogP contribution in [0, 0.1) is 0 Å². The Labute approximate surface area is 108 Å². The van der Waals surface area contributed by atoms with E-state index in [-0.39, 0.29) is 11.3 Å². The molecule has 2 aromatic rings. The van der Waals surface area contributed by atoms with Crippen molar-refractivity contribution >= 4 is 23.1 Å². The van der Waals surface area contributed by atoms with Gasteiger partial charge in [-0.1, -0.05) is 11.6 Å². The number of ether oxygens (including phenoxy) is 1. The third-order valence-corrected chi connectivity index (χ3v) is 3.10. The molecule has 0 aliphatic rings. The minimum atomic E-state index is -4.73. The topological polar surface area (TPSA) is 31.2 Å². The second-order valence-electron chi connectivity index (χ2n) is 3.21. The van der Waals surface area contributed by atoms with Gasteiger partial charge >= 0.3 is 6.36 Å². The number of benzene rings is 1. The molecule has 0 spiro atoms. The van der Waals surface area contributed by atoms with Crippen LogP contribution in [0.5, 0.6) is 5.75 Å². The molecule has 1 heterocycles. The Bertz CT molecular complexity index is 603. The van der Waals surface area contributed by atoms with Gasteiger partial charge in [-0.2, -0.15) is 0 Å². The Morgan fingerprint density at radius 1 is 1.22 bits per heavy atom. The molecule has 0 unspecified atom stereocenters. The zero-order chi connectivity index (χ0) is 13.3. The summed E-state index contributed by atoms with van der Waals surface area (Å²) in [5.74, 6) is -0.345. The van der Waals surface area contributed by atoms with E-state index in [4.69, 9.17) is 11.6 Å². The van der Waals surface area contributed by atoms with Gasteiger partial charge in [-0.05, 0) is 35.8 Å². The van der Waals surface area contributed by atoms with Gasteiger partial charge in [0, 0.05) is 6.07 Å². The van der Waals surface area contributed by atoms with Crippen molar-refractivity contribution in [3.05, 3.63) is 45.0 Å². The maximum atomic E-state index is 11.9. The van der Waals surface area contributed by atoms with Gasteiger partial charge in [0.05, 0.1) is 5.69 Å². The molecule has 1 aromatic heterocycles. The lowest BCUT2D eigenvalue weighted by Gasteiger charge is -2.09. The van der Waals surface area contributed by atoms with Crippen LogP contribution >= 0.6 is 23.1 Å². The van der Waals surface area contributed by atoms with Crippen LogP contribution in [0.2, 0.25) is 4.34 Å². The molecule has 0 N–H and O–H groups in total. The number of hydrogen-bond donors (Lipinski definition) is 0. The Morgan fingerprint density at radius 2 is 1.83 bits per heavy atom. The van der Waals surface area contributed by atoms with E-state index in [9.17, 15) is 18.0 Å². The van der Waals surface area contributed by atoms with E-state index in [0.29, 0.717) is 10.0 Å². The summed E-state index contributed by atoms with van der Waals surface area (Å²) in [5.41, 5.74) is 0.0842. The van der Waals surface area contributed by atoms with Gasteiger partial charge in [0.2, 0.25) is 0 Å². The van der Waals surface area contributed by atoms with E-state index < -0.39 is 6.36 Å². The number of nitrogens with zero attached hydrogens (tertiary/aromatic N) is 1. The SMILES string of the molecule is O=c1cc(Cl)sn1-c1ccc(OC(F)(F)F)cc1. The highest BCUT2D eigenvalue weighted by Crippen LogP contribution is 2.24. The van der Waals surface area contributed by atoms with Crippen LogP contribution in [-0.4, -0.2) is 10.3 Å². The molecule has 0 fully saturated rings. The van der Waals surface area contributed by atoms with Crippen molar-refractivity contribution in [2.45, 2.75) is 6.36 Å². The van der Waals surface area contributed by atoms with Crippen molar-refractivity contribution in [3.63, 3.8) is 0 Å². The molecule has 0 amide bonds. The highest BCUT2D eigenvalue weighted by molar-refractivity contribution is 7.11. The molecule has 0 saturated carbocycles. The highest BCUT2D eigenvalue weighted by Gasteiger charge is 2.30. The average Bonchev–Trinajstić information content (AvgIpc) is 2.57. The van der Waals surface area contributed by atoms with Crippen LogP contribution in [0.1, 0.15) is 0 Å². The van der Waals surface area contributed by atoms with E-state index >= 15 is 0 Å². The summed E-state index contributed by atoms with van der Waals surface area (Å²) in [7, 11) is 0. The predicted octanol–water partition coefficient (Wildman–Crippen LogP) is 3.45. The molecular weight excluding hydrogens is 291 g/mol. The summed E-state index contributed by atoms with van der Waals surface area (Å²) < 4.78 is 41.1. The molecule has 2 rings (SSSR count). The fourth-order valence-corrected chi connectivity index (χ4v) is 2.28. The molecule has 0 bridgehead atoms. The van der Waals surface area contributed by atoms with E-state index in [1.165, 1.54) is 22.2 Å². The number of halogens is 4. The fraction of sp³-hybridized carbons (Fsp3) is 0.100. The fourth-order valence-electron chi connectivity index (χ4n) is 1.28. The molecular formula is C10H5ClF3NO2S. The molecule has 0 radical (unpaired) electrons. The standard InChI is InChI=1S/C10H5ClF3NO2S/c11-8-5-9(16)15(18-8)6-1-3-7(4-2-6)17-10(12,13)14/h1-5H. The van der Waals surface area contributed by atoms with Crippen LogP contribution in [0.15, 0.2) is 35.1 Å². The third kappa shape index (κ3) is 3.05. The second-order valence-corrected chi connectivity index (χ2v) is 4.83. The minimum Gasteiger partial charge on any atom is -0.406 e. The summed E-state index contributed by atoms with van der Waals surface area (Å²) in [5, 5.41) is 0. The number of aromatic nitrogens is 1. The van der Waals surface area contributed by atoms with Gasteiger partial charge in [-0.3, -0.25) is 4.79 Å². The molecule has 0 aliphatic carbocycles. The smallest absolute Gasteiger partial charge is 0.406 e. The van der Waals surface area contributed by atoms with Gasteiger partial charge in [0.25, 0.3) is 5.56 Å². The first kappa shape index (κ1) is 13.0. The van der Waals surface area contributed by atoms with Gasteiger partial charge < -0.3 is 4.74 Å². The number of alkyl halides is 3. The highest BCUT2D eigenvalue weighted by atomic mass is 35.5. The Balaban J connectivity index is 2.28. The van der Waals surface area contributed by atoms with Crippen molar-refractivity contribution in [2.75, 3.05) is 0 Å².